The van der Waals surface area contributed by atoms with Gasteiger partial charge in [0, 0.05) is 24.8 Å². The van der Waals surface area contributed by atoms with Crippen LogP contribution in [0.15, 0.2) is 30.3 Å². The molecule has 1 aromatic carbocycles. The summed E-state index contributed by atoms with van der Waals surface area (Å²) in [5.41, 5.74) is 1.22. The molecule has 0 spiro atoms. The Hall–Kier alpha value is -1.06. The topological polar surface area (TPSA) is 18.5 Å². The molecule has 0 aliphatic carbocycles. The number of hydrogen-bond donors (Lipinski definition) is 1. The zero-order chi connectivity index (χ0) is 12.8. The van der Waals surface area contributed by atoms with Gasteiger partial charge in [0.15, 0.2) is 0 Å². The van der Waals surface area contributed by atoms with Crippen molar-refractivity contribution in [2.24, 2.45) is 0 Å². The fraction of sp³-hybridized carbons (Fsp3) is 0.600. The molecule has 0 amide bonds. The molecule has 100 valence electrons. The second kappa shape index (κ2) is 6.76. The Morgan fingerprint density at radius 2 is 1.89 bits per heavy atom. The molecule has 1 fully saturated rings. The molecule has 1 saturated heterocycles. The zero-order valence-corrected chi connectivity index (χ0v) is 11.6. The highest BCUT2D eigenvalue weighted by Gasteiger charge is 2.19. The third kappa shape index (κ3) is 4.00. The summed E-state index contributed by atoms with van der Waals surface area (Å²) in [5.74, 6) is 0. The maximum Gasteiger partial charge on any atom is 0.0340 e. The van der Waals surface area contributed by atoms with Gasteiger partial charge < -0.3 is 15.1 Å². The molecule has 1 heterocycles. The molecule has 0 aromatic heterocycles. The number of anilines is 1. The predicted octanol–water partition coefficient (Wildman–Crippen LogP) is 2.12. The minimum absolute atomic E-state index is 0.763. The maximum atomic E-state index is 3.47. The quantitative estimate of drug-likeness (QED) is 0.860. The summed E-state index contributed by atoms with van der Waals surface area (Å²) in [6.45, 7) is 4.61. The molecule has 1 aliphatic rings. The summed E-state index contributed by atoms with van der Waals surface area (Å²) in [6, 6.07) is 11.2. The molecular formula is C15H25N3. The van der Waals surface area contributed by atoms with Gasteiger partial charge in [0.05, 0.1) is 0 Å². The monoisotopic (exact) mass is 247 g/mol. The van der Waals surface area contributed by atoms with E-state index in [-0.39, 0.29) is 0 Å². The summed E-state index contributed by atoms with van der Waals surface area (Å²) in [5, 5.41) is 3.47. The summed E-state index contributed by atoms with van der Waals surface area (Å²) in [7, 11) is 4.47. The molecule has 1 N–H and O–H groups in total. The summed E-state index contributed by atoms with van der Waals surface area (Å²) >= 11 is 0. The molecule has 1 aromatic rings. The van der Waals surface area contributed by atoms with Gasteiger partial charge in [-0.25, -0.2) is 0 Å². The van der Waals surface area contributed by atoms with Gasteiger partial charge in [-0.2, -0.15) is 0 Å². The van der Waals surface area contributed by atoms with Crippen LogP contribution in [0.2, 0.25) is 0 Å². The number of benzene rings is 1. The maximum absolute atomic E-state index is 3.47. The van der Waals surface area contributed by atoms with Crippen molar-refractivity contribution in [1.82, 2.24) is 9.80 Å². The first-order chi connectivity index (χ1) is 8.75. The van der Waals surface area contributed by atoms with E-state index in [2.05, 4.69) is 59.5 Å². The van der Waals surface area contributed by atoms with E-state index >= 15 is 0 Å². The molecule has 3 nitrogen and oxygen atoms in total. The number of likely N-dealkylation sites (tertiary alicyclic amines) is 1. The Bertz CT molecular complexity index is 331. The average molecular weight is 247 g/mol. The highest BCUT2D eigenvalue weighted by Crippen LogP contribution is 2.13. The minimum Gasteiger partial charge on any atom is -0.384 e. The van der Waals surface area contributed by atoms with Crippen LogP contribution in [0.4, 0.5) is 5.69 Å². The fourth-order valence-corrected chi connectivity index (χ4v) is 2.55. The van der Waals surface area contributed by atoms with Gasteiger partial charge in [-0.05, 0) is 52.2 Å². The number of rotatable bonds is 5. The first kappa shape index (κ1) is 13.4. The number of hydrogen-bond acceptors (Lipinski definition) is 3. The highest BCUT2D eigenvalue weighted by atomic mass is 15.2. The number of nitrogens with one attached hydrogen (secondary N) is 1. The van der Waals surface area contributed by atoms with Gasteiger partial charge in [-0.1, -0.05) is 18.2 Å². The second-order valence-electron chi connectivity index (χ2n) is 5.31. The van der Waals surface area contributed by atoms with Crippen molar-refractivity contribution < 1.29 is 0 Å². The van der Waals surface area contributed by atoms with Crippen LogP contribution in [0.25, 0.3) is 0 Å². The van der Waals surface area contributed by atoms with Crippen LogP contribution in [-0.4, -0.2) is 56.1 Å². The van der Waals surface area contributed by atoms with E-state index in [1.165, 1.54) is 31.6 Å². The largest absolute Gasteiger partial charge is 0.384 e. The molecule has 2 rings (SSSR count). The van der Waals surface area contributed by atoms with E-state index < -0.39 is 0 Å². The predicted molar refractivity (Wildman–Crippen MR) is 78.1 cm³/mol. The van der Waals surface area contributed by atoms with Crippen LogP contribution in [0.1, 0.15) is 12.8 Å². The van der Waals surface area contributed by atoms with Crippen LogP contribution in [0.3, 0.4) is 0 Å². The SMILES string of the molecule is CN1CCC(N(C)CCNc2ccccc2)CC1. The average Bonchev–Trinajstić information content (AvgIpc) is 2.40. The fourth-order valence-electron chi connectivity index (χ4n) is 2.55. The van der Waals surface area contributed by atoms with E-state index in [1.54, 1.807) is 0 Å². The van der Waals surface area contributed by atoms with Crippen molar-refractivity contribution in [3.63, 3.8) is 0 Å². The van der Waals surface area contributed by atoms with Crippen molar-refractivity contribution in [3.8, 4) is 0 Å². The van der Waals surface area contributed by atoms with E-state index in [1.807, 2.05) is 0 Å². The lowest BCUT2D eigenvalue weighted by atomic mass is 10.0. The highest BCUT2D eigenvalue weighted by molar-refractivity contribution is 5.42. The first-order valence-corrected chi connectivity index (χ1v) is 6.93. The Morgan fingerprint density at radius 1 is 1.22 bits per heavy atom. The molecule has 1 aliphatic heterocycles. The number of piperidine rings is 1. The molecule has 0 bridgehead atoms. The summed E-state index contributed by atoms with van der Waals surface area (Å²) < 4.78 is 0. The van der Waals surface area contributed by atoms with Crippen molar-refractivity contribution in [3.05, 3.63) is 30.3 Å². The van der Waals surface area contributed by atoms with E-state index in [9.17, 15) is 0 Å². The lowest BCUT2D eigenvalue weighted by Crippen LogP contribution is -2.43. The molecule has 18 heavy (non-hydrogen) atoms. The Morgan fingerprint density at radius 3 is 2.56 bits per heavy atom. The van der Waals surface area contributed by atoms with E-state index in [4.69, 9.17) is 0 Å². The molecular weight excluding hydrogens is 222 g/mol. The Labute approximate surface area is 111 Å². The standard InChI is InChI=1S/C15H25N3/c1-17-11-8-15(9-12-17)18(2)13-10-16-14-6-4-3-5-7-14/h3-7,15-16H,8-13H2,1-2H3. The number of likely N-dealkylation sites (N-methyl/N-ethyl adjacent to an activating group) is 1. The molecule has 0 unspecified atom stereocenters. The smallest absolute Gasteiger partial charge is 0.0340 e. The number of para-hydroxylation sites is 1. The van der Waals surface area contributed by atoms with Gasteiger partial charge >= 0.3 is 0 Å². The van der Waals surface area contributed by atoms with Gasteiger partial charge in [0.1, 0.15) is 0 Å². The zero-order valence-electron chi connectivity index (χ0n) is 11.6. The Kier molecular flexibility index (Phi) is 5.02. The third-order valence-corrected chi connectivity index (χ3v) is 3.88. The first-order valence-electron chi connectivity index (χ1n) is 6.93. The molecule has 0 saturated carbocycles. The van der Waals surface area contributed by atoms with E-state index in [0.29, 0.717) is 0 Å². The van der Waals surface area contributed by atoms with Crippen molar-refractivity contribution >= 4 is 5.69 Å². The van der Waals surface area contributed by atoms with Crippen LogP contribution in [0, 0.1) is 0 Å². The second-order valence-corrected chi connectivity index (χ2v) is 5.31. The minimum atomic E-state index is 0.763. The van der Waals surface area contributed by atoms with E-state index in [0.717, 1.165) is 19.1 Å². The summed E-state index contributed by atoms with van der Waals surface area (Å²) in [6.07, 6.45) is 2.61. The Balaban J connectivity index is 1.67. The lowest BCUT2D eigenvalue weighted by Gasteiger charge is -2.35. The third-order valence-electron chi connectivity index (χ3n) is 3.88. The van der Waals surface area contributed by atoms with Crippen LogP contribution >= 0.6 is 0 Å². The van der Waals surface area contributed by atoms with Crippen LogP contribution in [-0.2, 0) is 0 Å². The number of nitrogens with zero attached hydrogens (tertiary/aromatic N) is 2. The van der Waals surface area contributed by atoms with Gasteiger partial charge in [0.2, 0.25) is 0 Å². The summed E-state index contributed by atoms with van der Waals surface area (Å²) in [4.78, 5) is 4.93. The van der Waals surface area contributed by atoms with Crippen LogP contribution < -0.4 is 5.32 Å². The molecule has 0 atom stereocenters. The normalized spacial score (nSPS) is 18.2. The van der Waals surface area contributed by atoms with Crippen molar-refractivity contribution in [2.45, 2.75) is 18.9 Å². The van der Waals surface area contributed by atoms with Crippen molar-refractivity contribution in [2.75, 3.05) is 45.6 Å². The van der Waals surface area contributed by atoms with Gasteiger partial charge in [-0.15, -0.1) is 0 Å². The van der Waals surface area contributed by atoms with Crippen LogP contribution in [0.5, 0.6) is 0 Å². The molecule has 3 heteroatoms. The lowest BCUT2D eigenvalue weighted by molar-refractivity contribution is 0.148. The van der Waals surface area contributed by atoms with Gasteiger partial charge in [0.25, 0.3) is 0 Å². The molecule has 0 radical (unpaired) electrons. The van der Waals surface area contributed by atoms with Gasteiger partial charge in [-0.3, -0.25) is 0 Å². The van der Waals surface area contributed by atoms with Crippen molar-refractivity contribution in [1.29, 1.82) is 0 Å².